The standard InChI is InChI=1S/C12H21N3O3S2/c1-2-7-20(16,17)10-11(13)15-19-12(10)14-5-6-18-8-9-3-4-9/h9,14H,2-8H2,1H3,(H2,13,15). The average Bonchev–Trinajstić information content (AvgIpc) is 3.11. The van der Waals surface area contributed by atoms with Crippen molar-refractivity contribution in [3.63, 3.8) is 0 Å². The SMILES string of the molecule is CCCS(=O)(=O)c1c(N)nsc1NCCOCC1CC1. The van der Waals surface area contributed by atoms with Crippen LogP contribution in [-0.4, -0.2) is 38.3 Å². The molecule has 1 aliphatic carbocycles. The van der Waals surface area contributed by atoms with Crippen LogP contribution in [0, 0.1) is 5.92 Å². The lowest BCUT2D eigenvalue weighted by atomic mass is 10.5. The van der Waals surface area contributed by atoms with Gasteiger partial charge in [0.05, 0.1) is 12.4 Å². The average molecular weight is 319 g/mol. The van der Waals surface area contributed by atoms with Gasteiger partial charge in [-0.25, -0.2) is 8.42 Å². The van der Waals surface area contributed by atoms with Gasteiger partial charge < -0.3 is 15.8 Å². The van der Waals surface area contributed by atoms with E-state index in [9.17, 15) is 8.42 Å². The molecule has 0 spiro atoms. The van der Waals surface area contributed by atoms with Crippen molar-refractivity contribution in [2.45, 2.75) is 31.1 Å². The molecule has 0 unspecified atom stereocenters. The summed E-state index contributed by atoms with van der Waals surface area (Å²) in [5, 5.41) is 3.58. The summed E-state index contributed by atoms with van der Waals surface area (Å²) in [6, 6.07) is 0. The van der Waals surface area contributed by atoms with Crippen molar-refractivity contribution in [3.05, 3.63) is 0 Å². The van der Waals surface area contributed by atoms with Gasteiger partial charge >= 0.3 is 0 Å². The van der Waals surface area contributed by atoms with Gasteiger partial charge in [-0.1, -0.05) is 6.92 Å². The van der Waals surface area contributed by atoms with E-state index >= 15 is 0 Å². The number of anilines is 2. The van der Waals surface area contributed by atoms with Gasteiger partial charge in [0, 0.05) is 13.2 Å². The second kappa shape index (κ2) is 6.73. The fourth-order valence-corrected chi connectivity index (χ4v) is 4.50. The predicted octanol–water partition coefficient (Wildman–Crippen LogP) is 1.75. The van der Waals surface area contributed by atoms with Gasteiger partial charge in [0.25, 0.3) is 0 Å². The van der Waals surface area contributed by atoms with Crippen molar-refractivity contribution in [2.24, 2.45) is 5.92 Å². The molecule has 2 rings (SSSR count). The lowest BCUT2D eigenvalue weighted by Crippen LogP contribution is -2.14. The van der Waals surface area contributed by atoms with Crippen molar-refractivity contribution in [1.29, 1.82) is 0 Å². The van der Waals surface area contributed by atoms with Crippen molar-refractivity contribution in [3.8, 4) is 0 Å². The Morgan fingerprint density at radius 2 is 2.25 bits per heavy atom. The van der Waals surface area contributed by atoms with E-state index < -0.39 is 9.84 Å². The van der Waals surface area contributed by atoms with Crippen LogP contribution in [0.1, 0.15) is 26.2 Å². The molecule has 114 valence electrons. The van der Waals surface area contributed by atoms with E-state index in [2.05, 4.69) is 9.69 Å². The quantitative estimate of drug-likeness (QED) is 0.673. The van der Waals surface area contributed by atoms with Crippen LogP contribution in [-0.2, 0) is 14.6 Å². The van der Waals surface area contributed by atoms with E-state index in [4.69, 9.17) is 10.5 Å². The zero-order valence-corrected chi connectivity index (χ0v) is 13.2. The number of nitrogen functional groups attached to an aromatic ring is 1. The Kier molecular flexibility index (Phi) is 5.22. The number of sulfone groups is 1. The van der Waals surface area contributed by atoms with Gasteiger partial charge in [0.2, 0.25) is 0 Å². The van der Waals surface area contributed by atoms with Crippen LogP contribution >= 0.6 is 11.5 Å². The molecule has 0 aromatic carbocycles. The number of rotatable bonds is 9. The first kappa shape index (κ1) is 15.5. The summed E-state index contributed by atoms with van der Waals surface area (Å²) in [5.41, 5.74) is 5.69. The first-order valence-corrected chi connectivity index (χ1v) is 9.26. The molecule has 3 N–H and O–H groups in total. The molecule has 0 saturated heterocycles. The van der Waals surface area contributed by atoms with Crippen LogP contribution in [0.5, 0.6) is 0 Å². The highest BCUT2D eigenvalue weighted by Gasteiger charge is 2.24. The summed E-state index contributed by atoms with van der Waals surface area (Å²) in [7, 11) is -3.35. The lowest BCUT2D eigenvalue weighted by molar-refractivity contribution is 0.134. The molecule has 1 saturated carbocycles. The topological polar surface area (TPSA) is 94.3 Å². The summed E-state index contributed by atoms with van der Waals surface area (Å²) in [6.07, 6.45) is 3.08. The second-order valence-electron chi connectivity index (χ2n) is 4.99. The first-order valence-electron chi connectivity index (χ1n) is 6.84. The highest BCUT2D eigenvalue weighted by Crippen LogP contribution is 2.32. The largest absolute Gasteiger partial charge is 0.382 e. The van der Waals surface area contributed by atoms with Gasteiger partial charge in [-0.05, 0) is 36.7 Å². The molecule has 1 aromatic rings. The fraction of sp³-hybridized carbons (Fsp3) is 0.750. The maximum atomic E-state index is 12.1. The number of ether oxygens (including phenoxy) is 1. The third kappa shape index (κ3) is 4.07. The Labute approximate surface area is 123 Å². The normalized spacial score (nSPS) is 15.4. The van der Waals surface area contributed by atoms with E-state index in [1.807, 2.05) is 6.92 Å². The van der Waals surface area contributed by atoms with E-state index in [0.29, 0.717) is 24.6 Å². The van der Waals surface area contributed by atoms with Crippen molar-refractivity contribution < 1.29 is 13.2 Å². The first-order chi connectivity index (χ1) is 9.54. The highest BCUT2D eigenvalue weighted by atomic mass is 32.2. The van der Waals surface area contributed by atoms with E-state index in [-0.39, 0.29) is 16.5 Å². The molecular weight excluding hydrogens is 298 g/mol. The molecule has 0 bridgehead atoms. The van der Waals surface area contributed by atoms with E-state index in [1.54, 1.807) is 0 Å². The molecule has 6 nitrogen and oxygen atoms in total. The number of hydrogen-bond donors (Lipinski definition) is 2. The lowest BCUT2D eigenvalue weighted by Gasteiger charge is -2.08. The van der Waals surface area contributed by atoms with Crippen LogP contribution in [0.4, 0.5) is 10.8 Å². The summed E-state index contributed by atoms with van der Waals surface area (Å²) in [6.45, 7) is 3.74. The number of hydrogen-bond acceptors (Lipinski definition) is 7. The Morgan fingerprint density at radius 3 is 2.90 bits per heavy atom. The number of nitrogens with one attached hydrogen (secondary N) is 1. The van der Waals surface area contributed by atoms with Crippen LogP contribution < -0.4 is 11.1 Å². The van der Waals surface area contributed by atoms with Crippen molar-refractivity contribution >= 4 is 32.2 Å². The van der Waals surface area contributed by atoms with Crippen LogP contribution in [0.2, 0.25) is 0 Å². The van der Waals surface area contributed by atoms with Gasteiger partial charge in [-0.15, -0.1) is 0 Å². The molecular formula is C12H21N3O3S2. The molecule has 1 heterocycles. The molecule has 20 heavy (non-hydrogen) atoms. The summed E-state index contributed by atoms with van der Waals surface area (Å²) in [5.74, 6) is 0.905. The predicted molar refractivity (Wildman–Crippen MR) is 80.9 cm³/mol. The van der Waals surface area contributed by atoms with Gasteiger partial charge in [-0.2, -0.15) is 4.37 Å². The van der Waals surface area contributed by atoms with Crippen molar-refractivity contribution in [2.75, 3.05) is 36.6 Å². The third-order valence-electron chi connectivity index (χ3n) is 3.04. The molecule has 8 heteroatoms. The van der Waals surface area contributed by atoms with Crippen LogP contribution in [0.3, 0.4) is 0 Å². The Morgan fingerprint density at radius 1 is 1.50 bits per heavy atom. The Balaban J connectivity index is 1.90. The molecule has 0 aliphatic heterocycles. The van der Waals surface area contributed by atoms with Crippen LogP contribution in [0.15, 0.2) is 4.90 Å². The second-order valence-corrected chi connectivity index (χ2v) is 7.81. The smallest absolute Gasteiger partial charge is 0.185 e. The molecule has 1 fully saturated rings. The maximum absolute atomic E-state index is 12.1. The minimum Gasteiger partial charge on any atom is -0.382 e. The summed E-state index contributed by atoms with van der Waals surface area (Å²) in [4.78, 5) is 0.145. The fourth-order valence-electron chi connectivity index (χ4n) is 1.85. The molecule has 0 amide bonds. The van der Waals surface area contributed by atoms with Gasteiger partial charge in [0.15, 0.2) is 15.7 Å². The minimum atomic E-state index is -3.35. The monoisotopic (exact) mass is 319 g/mol. The number of nitrogens with zero attached hydrogens (tertiary/aromatic N) is 1. The molecule has 0 radical (unpaired) electrons. The Hall–Kier alpha value is -0.860. The zero-order valence-electron chi connectivity index (χ0n) is 11.6. The Bertz CT molecular complexity index is 538. The maximum Gasteiger partial charge on any atom is 0.185 e. The summed E-state index contributed by atoms with van der Waals surface area (Å²) < 4.78 is 33.7. The van der Waals surface area contributed by atoms with Crippen LogP contribution in [0.25, 0.3) is 0 Å². The van der Waals surface area contributed by atoms with Gasteiger partial charge in [0.1, 0.15) is 9.90 Å². The number of nitrogens with two attached hydrogens (primary N) is 1. The minimum absolute atomic E-state index is 0.0858. The summed E-state index contributed by atoms with van der Waals surface area (Å²) >= 11 is 1.08. The highest BCUT2D eigenvalue weighted by molar-refractivity contribution is 7.91. The number of aromatic nitrogens is 1. The van der Waals surface area contributed by atoms with E-state index in [0.717, 1.165) is 24.1 Å². The zero-order chi connectivity index (χ0) is 14.6. The van der Waals surface area contributed by atoms with Gasteiger partial charge in [-0.3, -0.25) is 0 Å². The molecule has 1 aliphatic rings. The van der Waals surface area contributed by atoms with E-state index in [1.165, 1.54) is 12.8 Å². The van der Waals surface area contributed by atoms with Crippen molar-refractivity contribution in [1.82, 2.24) is 4.37 Å². The molecule has 1 aromatic heterocycles. The third-order valence-corrected chi connectivity index (χ3v) is 5.97. The molecule has 0 atom stereocenters.